The first kappa shape index (κ1) is 84.8. The largest absolute Gasteiger partial charge is 0.394 e. The van der Waals surface area contributed by atoms with Gasteiger partial charge < -0.3 is 89.9 Å². The molecule has 19 heteroatoms. The van der Waals surface area contributed by atoms with Crippen molar-refractivity contribution in [3.8, 4) is 0 Å². The van der Waals surface area contributed by atoms with Crippen LogP contribution in [0.3, 0.4) is 0 Å². The first-order chi connectivity index (χ1) is 44.8. The van der Waals surface area contributed by atoms with E-state index in [1.807, 2.05) is 0 Å². The molecule has 3 aliphatic rings. The number of carbonyl (C=O) groups excluding carboxylic acids is 1. The molecule has 0 bridgehead atoms. The Hall–Kier alpha value is -1.47. The predicted octanol–water partition coefficient (Wildman–Crippen LogP) is 11.2. The van der Waals surface area contributed by atoms with E-state index in [9.17, 15) is 61.0 Å². The molecule has 0 radical (unpaired) electrons. The number of amides is 1. The van der Waals surface area contributed by atoms with Gasteiger partial charge in [-0.05, 0) is 38.5 Å². The number of allylic oxidation sites excluding steroid dienone is 2. The van der Waals surface area contributed by atoms with E-state index in [4.69, 9.17) is 28.4 Å². The van der Waals surface area contributed by atoms with Crippen LogP contribution in [0.5, 0.6) is 0 Å². The highest BCUT2D eigenvalue weighted by molar-refractivity contribution is 5.76. The third-order valence-electron chi connectivity index (χ3n) is 19.3. The van der Waals surface area contributed by atoms with Crippen LogP contribution in [-0.4, -0.2) is 193 Å². The lowest BCUT2D eigenvalue weighted by Crippen LogP contribution is -2.66. The molecule has 0 saturated carbocycles. The maximum absolute atomic E-state index is 13.4. The van der Waals surface area contributed by atoms with Crippen LogP contribution in [0.2, 0.25) is 0 Å². The number of aliphatic hydroxyl groups is 11. The Morgan fingerprint density at radius 2 is 0.685 bits per heavy atom. The van der Waals surface area contributed by atoms with Gasteiger partial charge in [-0.3, -0.25) is 4.79 Å². The van der Waals surface area contributed by atoms with E-state index in [-0.39, 0.29) is 18.9 Å². The fourth-order valence-corrected chi connectivity index (χ4v) is 13.2. The van der Waals surface area contributed by atoms with E-state index in [2.05, 4.69) is 31.3 Å². The summed E-state index contributed by atoms with van der Waals surface area (Å²) in [5.41, 5.74) is 0. The summed E-state index contributed by atoms with van der Waals surface area (Å²) in [6.45, 7) is 1.80. The molecule has 544 valence electrons. The van der Waals surface area contributed by atoms with Crippen molar-refractivity contribution in [3.05, 3.63) is 12.2 Å². The van der Waals surface area contributed by atoms with Gasteiger partial charge in [0.1, 0.15) is 73.2 Å². The highest BCUT2D eigenvalue weighted by Crippen LogP contribution is 2.33. The minimum Gasteiger partial charge on any atom is -0.394 e. The Bertz CT molecular complexity index is 1720. The van der Waals surface area contributed by atoms with E-state index >= 15 is 0 Å². The number of unbranched alkanes of at least 4 members (excludes halogenated alkanes) is 42. The lowest BCUT2D eigenvalue weighted by atomic mass is 9.96. The summed E-state index contributed by atoms with van der Waals surface area (Å²) < 4.78 is 34.4. The zero-order valence-electron chi connectivity index (χ0n) is 57.8. The molecule has 3 rings (SSSR count). The monoisotopic (exact) mass is 1320 g/mol. The van der Waals surface area contributed by atoms with Gasteiger partial charge in [-0.2, -0.15) is 0 Å². The highest BCUT2D eigenvalue weighted by atomic mass is 16.8. The lowest BCUT2D eigenvalue weighted by Gasteiger charge is -2.48. The van der Waals surface area contributed by atoms with Gasteiger partial charge in [0, 0.05) is 6.42 Å². The maximum atomic E-state index is 13.4. The first-order valence-electron chi connectivity index (χ1n) is 37.9. The van der Waals surface area contributed by atoms with Crippen molar-refractivity contribution < 1.29 is 89.4 Å². The zero-order chi connectivity index (χ0) is 66.8. The van der Waals surface area contributed by atoms with Crippen LogP contribution in [0.15, 0.2) is 12.2 Å². The van der Waals surface area contributed by atoms with E-state index in [1.165, 1.54) is 238 Å². The lowest BCUT2D eigenvalue weighted by molar-refractivity contribution is -0.379. The van der Waals surface area contributed by atoms with Gasteiger partial charge in [0.15, 0.2) is 18.9 Å². The molecule has 0 aliphatic carbocycles. The Morgan fingerprint density at radius 3 is 1.05 bits per heavy atom. The van der Waals surface area contributed by atoms with Crippen molar-refractivity contribution in [2.24, 2.45) is 0 Å². The zero-order valence-corrected chi connectivity index (χ0v) is 57.8. The molecule has 3 fully saturated rings. The number of nitrogens with one attached hydrogen (secondary N) is 1. The van der Waals surface area contributed by atoms with Crippen LogP contribution in [0, 0.1) is 0 Å². The normalized spacial score (nSPS) is 27.7. The highest BCUT2D eigenvalue weighted by Gasteiger charge is 2.53. The second-order valence-corrected chi connectivity index (χ2v) is 27.5. The Morgan fingerprint density at radius 1 is 0.380 bits per heavy atom. The Kier molecular flexibility index (Phi) is 51.0. The van der Waals surface area contributed by atoms with Gasteiger partial charge in [-0.25, -0.2) is 0 Å². The predicted molar refractivity (Wildman–Crippen MR) is 360 cm³/mol. The van der Waals surface area contributed by atoms with Gasteiger partial charge in [-0.1, -0.05) is 283 Å². The fraction of sp³-hybridized carbons (Fsp3) is 0.959. The summed E-state index contributed by atoms with van der Waals surface area (Å²) >= 11 is 0. The van der Waals surface area contributed by atoms with E-state index in [0.29, 0.717) is 12.8 Å². The van der Waals surface area contributed by atoms with Crippen LogP contribution >= 0.6 is 0 Å². The van der Waals surface area contributed by atoms with Crippen LogP contribution in [0.25, 0.3) is 0 Å². The maximum Gasteiger partial charge on any atom is 0.220 e. The number of rotatable bonds is 60. The fourth-order valence-electron chi connectivity index (χ4n) is 13.2. The van der Waals surface area contributed by atoms with Gasteiger partial charge in [0.05, 0.1) is 38.6 Å². The molecule has 17 unspecified atom stereocenters. The molecule has 17 atom stereocenters. The average molecular weight is 1320 g/mol. The molecule has 12 N–H and O–H groups in total. The van der Waals surface area contributed by atoms with Crippen molar-refractivity contribution >= 4 is 5.91 Å². The quantitative estimate of drug-likeness (QED) is 0.0199. The van der Waals surface area contributed by atoms with Crippen molar-refractivity contribution in [3.63, 3.8) is 0 Å². The number of carbonyl (C=O) groups is 1. The number of ether oxygens (including phenoxy) is 6. The standard InChI is InChI=1S/C73H139NO18/c1-3-5-7-9-11-13-15-16-17-18-19-20-21-22-23-24-25-26-27-28-29-30-31-32-33-34-35-36-37-38-39-40-41-43-45-47-49-51-61(79)74-56(57(78)50-48-46-44-42-14-12-10-8-6-4-2)55-87-71-67(85)64(82)69(59(53-76)89-71)92-73-68(86)65(83)70(60(54-77)90-73)91-72-66(84)63(81)62(80)58(52-75)88-72/h18-19,56-60,62-73,75-78,80-86H,3-17,20-55H2,1-2H3,(H,74,79)/b19-18-. The average Bonchev–Trinajstić information content (AvgIpc) is 0.799. The molecule has 0 aromatic rings. The SMILES string of the molecule is CCCCCCCCCC/C=C\CCCCCCCCCCCCCCCCCCCCCCCCCCCC(=O)NC(COC1OC(CO)C(OC2OC(CO)C(OC3OC(CO)C(O)C(O)C3O)C(O)C2O)C(O)C1O)C(O)CCCCCCCCCCCC. The summed E-state index contributed by atoms with van der Waals surface area (Å²) in [5, 5.41) is 120. The Labute approximate surface area is 556 Å². The smallest absolute Gasteiger partial charge is 0.220 e. The number of hydrogen-bond donors (Lipinski definition) is 12. The molecule has 92 heavy (non-hydrogen) atoms. The first-order valence-corrected chi connectivity index (χ1v) is 37.9. The topological polar surface area (TPSA) is 307 Å². The van der Waals surface area contributed by atoms with Crippen LogP contribution < -0.4 is 5.32 Å². The Balaban J connectivity index is 1.27. The van der Waals surface area contributed by atoms with Crippen LogP contribution in [-0.2, 0) is 33.2 Å². The van der Waals surface area contributed by atoms with Crippen molar-refractivity contribution in [2.45, 2.75) is 420 Å². The third kappa shape index (κ3) is 36.4. The second kappa shape index (κ2) is 55.4. The molecular formula is C73H139NO18. The van der Waals surface area contributed by atoms with Crippen molar-refractivity contribution in [1.82, 2.24) is 5.32 Å². The summed E-state index contributed by atoms with van der Waals surface area (Å²) in [6, 6.07) is -0.881. The second-order valence-electron chi connectivity index (χ2n) is 27.5. The molecule has 0 aromatic carbocycles. The van der Waals surface area contributed by atoms with Gasteiger partial charge in [-0.15, -0.1) is 0 Å². The molecule has 0 aromatic heterocycles. The minimum absolute atomic E-state index is 0.238. The van der Waals surface area contributed by atoms with Gasteiger partial charge in [0.2, 0.25) is 5.91 Å². The molecular weight excluding hydrogens is 1180 g/mol. The van der Waals surface area contributed by atoms with E-state index in [1.54, 1.807) is 0 Å². The molecule has 0 spiro atoms. The molecule has 3 heterocycles. The van der Waals surface area contributed by atoms with Crippen molar-refractivity contribution in [1.29, 1.82) is 0 Å². The summed E-state index contributed by atoms with van der Waals surface area (Å²) in [5.74, 6) is -0.238. The third-order valence-corrected chi connectivity index (χ3v) is 19.3. The number of aliphatic hydroxyl groups excluding tert-OH is 11. The molecule has 1 amide bonds. The summed E-state index contributed by atoms with van der Waals surface area (Å²) in [7, 11) is 0. The van der Waals surface area contributed by atoms with Gasteiger partial charge in [0.25, 0.3) is 0 Å². The number of hydrogen-bond acceptors (Lipinski definition) is 18. The van der Waals surface area contributed by atoms with E-state index < -0.39 is 124 Å². The summed E-state index contributed by atoms with van der Waals surface area (Å²) in [6.07, 6.45) is 36.4. The van der Waals surface area contributed by atoms with Gasteiger partial charge >= 0.3 is 0 Å². The van der Waals surface area contributed by atoms with E-state index in [0.717, 1.165) is 44.9 Å². The van der Waals surface area contributed by atoms with Crippen LogP contribution in [0.4, 0.5) is 0 Å². The van der Waals surface area contributed by atoms with Crippen LogP contribution in [0.1, 0.15) is 316 Å². The summed E-state index contributed by atoms with van der Waals surface area (Å²) in [4.78, 5) is 13.4. The molecule has 3 saturated heterocycles. The van der Waals surface area contributed by atoms with Crippen molar-refractivity contribution in [2.75, 3.05) is 26.4 Å². The molecule has 19 nitrogen and oxygen atoms in total. The molecule has 3 aliphatic heterocycles. The minimum atomic E-state index is -1.97.